The number of anilines is 1. The van der Waals surface area contributed by atoms with E-state index in [0.717, 1.165) is 0 Å². The number of rotatable bonds is 4. The zero-order valence-corrected chi connectivity index (χ0v) is 6.50. The van der Waals surface area contributed by atoms with Crippen molar-refractivity contribution in [3.05, 3.63) is 5.89 Å². The largest absolute Gasteiger partial charge is 0.402 e. The average molecular weight is 188 g/mol. The molecule has 0 aliphatic heterocycles. The van der Waals surface area contributed by atoms with E-state index in [1.807, 2.05) is 6.07 Å². The molecule has 1 heterocycles. The van der Waals surface area contributed by atoms with Gasteiger partial charge in [0, 0.05) is 6.54 Å². The van der Waals surface area contributed by atoms with E-state index in [4.69, 9.17) is 5.26 Å². The molecular weight excluding hydrogens is 182 g/mol. The van der Waals surface area contributed by atoms with Gasteiger partial charge in [-0.15, -0.1) is 5.10 Å². The zero-order valence-electron chi connectivity index (χ0n) is 6.50. The van der Waals surface area contributed by atoms with Gasteiger partial charge in [-0.25, -0.2) is 0 Å². The van der Waals surface area contributed by atoms with E-state index in [2.05, 4.69) is 19.9 Å². The van der Waals surface area contributed by atoms with Gasteiger partial charge in [0.2, 0.25) is 0 Å². The quantitative estimate of drug-likeness (QED) is 0.721. The van der Waals surface area contributed by atoms with Gasteiger partial charge < -0.3 is 9.73 Å². The SMILES string of the molecule is N#CCCNc1nnc(C(F)F)o1. The van der Waals surface area contributed by atoms with Crippen LogP contribution in [0.1, 0.15) is 18.7 Å². The number of alkyl halides is 2. The summed E-state index contributed by atoms with van der Waals surface area (Å²) in [6.07, 6.45) is -2.52. The summed E-state index contributed by atoms with van der Waals surface area (Å²) in [5.41, 5.74) is 0. The molecule has 0 amide bonds. The van der Waals surface area contributed by atoms with Crippen LogP contribution in [0.25, 0.3) is 0 Å². The van der Waals surface area contributed by atoms with Gasteiger partial charge in [0.15, 0.2) is 0 Å². The van der Waals surface area contributed by atoms with Crippen molar-refractivity contribution < 1.29 is 13.2 Å². The van der Waals surface area contributed by atoms with Crippen molar-refractivity contribution in [2.45, 2.75) is 12.8 Å². The maximum Gasteiger partial charge on any atom is 0.315 e. The van der Waals surface area contributed by atoms with Crippen LogP contribution in [-0.2, 0) is 0 Å². The number of aromatic nitrogens is 2. The fourth-order valence-corrected chi connectivity index (χ4v) is 0.620. The van der Waals surface area contributed by atoms with Crippen LogP contribution in [-0.4, -0.2) is 16.7 Å². The number of hydrogen-bond acceptors (Lipinski definition) is 5. The van der Waals surface area contributed by atoms with Crippen LogP contribution in [0.5, 0.6) is 0 Å². The Morgan fingerprint density at radius 3 is 2.85 bits per heavy atom. The summed E-state index contributed by atoms with van der Waals surface area (Å²) in [6, 6.07) is 1.77. The standard InChI is InChI=1S/C6H6F2N4O/c7-4(8)5-11-12-6(13-5)10-3-1-2-9/h4H,1,3H2,(H,10,12). The second-order valence-electron chi connectivity index (χ2n) is 2.08. The molecule has 0 saturated carbocycles. The molecule has 0 aromatic carbocycles. The highest BCUT2D eigenvalue weighted by Gasteiger charge is 2.15. The van der Waals surface area contributed by atoms with Crippen molar-refractivity contribution in [3.63, 3.8) is 0 Å². The molecule has 1 N–H and O–H groups in total. The molecule has 0 aliphatic carbocycles. The summed E-state index contributed by atoms with van der Waals surface area (Å²) in [5.74, 6) is -0.723. The van der Waals surface area contributed by atoms with Crippen LogP contribution in [0.15, 0.2) is 4.42 Å². The van der Waals surface area contributed by atoms with Crippen LogP contribution >= 0.6 is 0 Å². The lowest BCUT2D eigenvalue weighted by atomic mass is 10.5. The minimum atomic E-state index is -2.76. The molecule has 7 heteroatoms. The van der Waals surface area contributed by atoms with Crippen LogP contribution in [0, 0.1) is 11.3 Å². The Labute approximate surface area is 72.4 Å². The third kappa shape index (κ3) is 2.66. The number of nitrogens with zero attached hydrogens (tertiary/aromatic N) is 3. The predicted octanol–water partition coefficient (Wildman–Crippen LogP) is 1.33. The summed E-state index contributed by atoms with van der Waals surface area (Å²) in [4.78, 5) is 0. The first-order valence-corrected chi connectivity index (χ1v) is 3.46. The average Bonchev–Trinajstić information content (AvgIpc) is 2.53. The topological polar surface area (TPSA) is 74.7 Å². The van der Waals surface area contributed by atoms with Crippen molar-refractivity contribution >= 4 is 6.01 Å². The summed E-state index contributed by atoms with van der Waals surface area (Å²) in [5, 5.41) is 17.1. The minimum absolute atomic E-state index is 0.0921. The molecule has 0 radical (unpaired) electrons. The number of nitrogens with one attached hydrogen (secondary N) is 1. The van der Waals surface area contributed by atoms with Crippen LogP contribution in [0.2, 0.25) is 0 Å². The summed E-state index contributed by atoms with van der Waals surface area (Å²) >= 11 is 0. The highest BCUT2D eigenvalue weighted by atomic mass is 19.3. The minimum Gasteiger partial charge on any atom is -0.402 e. The van der Waals surface area contributed by atoms with Crippen molar-refractivity contribution in [3.8, 4) is 6.07 Å². The second kappa shape index (κ2) is 4.35. The molecule has 0 saturated heterocycles. The first kappa shape index (κ1) is 9.38. The van der Waals surface area contributed by atoms with Crippen molar-refractivity contribution in [1.29, 1.82) is 5.26 Å². The smallest absolute Gasteiger partial charge is 0.315 e. The molecular formula is C6H6F2N4O. The van der Waals surface area contributed by atoms with Gasteiger partial charge in [0.25, 0.3) is 5.89 Å². The first-order chi connectivity index (χ1) is 6.24. The molecule has 0 spiro atoms. The summed E-state index contributed by atoms with van der Waals surface area (Å²) < 4.78 is 28.3. The molecule has 13 heavy (non-hydrogen) atoms. The Kier molecular flexibility index (Phi) is 3.14. The summed E-state index contributed by atoms with van der Waals surface area (Å²) in [6.45, 7) is 0.293. The monoisotopic (exact) mass is 188 g/mol. The van der Waals surface area contributed by atoms with E-state index in [1.165, 1.54) is 0 Å². The Hall–Kier alpha value is -1.71. The Morgan fingerprint density at radius 1 is 1.54 bits per heavy atom. The van der Waals surface area contributed by atoms with Crippen LogP contribution in [0.4, 0.5) is 14.8 Å². The molecule has 0 aliphatic rings. The van der Waals surface area contributed by atoms with E-state index < -0.39 is 12.3 Å². The third-order valence-electron chi connectivity index (χ3n) is 1.14. The molecule has 1 aromatic rings. The number of nitriles is 1. The zero-order chi connectivity index (χ0) is 9.68. The van der Waals surface area contributed by atoms with Crippen LogP contribution < -0.4 is 5.32 Å². The second-order valence-corrected chi connectivity index (χ2v) is 2.08. The van der Waals surface area contributed by atoms with Crippen molar-refractivity contribution in [2.75, 3.05) is 11.9 Å². The fourth-order valence-electron chi connectivity index (χ4n) is 0.620. The molecule has 0 unspecified atom stereocenters. The molecule has 1 rings (SSSR count). The number of hydrogen-bond donors (Lipinski definition) is 1. The normalized spacial score (nSPS) is 10.0. The maximum absolute atomic E-state index is 11.9. The lowest BCUT2D eigenvalue weighted by Gasteiger charge is -1.93. The van der Waals surface area contributed by atoms with Gasteiger partial charge in [-0.05, 0) is 0 Å². The van der Waals surface area contributed by atoms with Gasteiger partial charge in [0.05, 0.1) is 12.5 Å². The van der Waals surface area contributed by atoms with Gasteiger partial charge in [-0.1, -0.05) is 5.10 Å². The Bertz CT molecular complexity index is 306. The fraction of sp³-hybridized carbons (Fsp3) is 0.500. The molecule has 0 atom stereocenters. The molecule has 5 nitrogen and oxygen atoms in total. The Balaban J connectivity index is 2.45. The first-order valence-electron chi connectivity index (χ1n) is 3.46. The highest BCUT2D eigenvalue weighted by molar-refractivity contribution is 5.16. The van der Waals surface area contributed by atoms with Gasteiger partial charge >= 0.3 is 12.4 Å². The van der Waals surface area contributed by atoms with E-state index in [1.54, 1.807) is 0 Å². The van der Waals surface area contributed by atoms with Crippen molar-refractivity contribution in [1.82, 2.24) is 10.2 Å². The molecule has 0 fully saturated rings. The number of halogens is 2. The molecule has 0 bridgehead atoms. The predicted molar refractivity (Wildman–Crippen MR) is 38.0 cm³/mol. The molecule has 1 aromatic heterocycles. The lowest BCUT2D eigenvalue weighted by Crippen LogP contribution is -1.99. The van der Waals surface area contributed by atoms with Crippen molar-refractivity contribution in [2.24, 2.45) is 0 Å². The lowest BCUT2D eigenvalue weighted by molar-refractivity contribution is 0.116. The Morgan fingerprint density at radius 2 is 2.31 bits per heavy atom. The summed E-state index contributed by atoms with van der Waals surface area (Å²) in [7, 11) is 0. The van der Waals surface area contributed by atoms with Gasteiger partial charge in [-0.3, -0.25) is 0 Å². The van der Waals surface area contributed by atoms with E-state index >= 15 is 0 Å². The van der Waals surface area contributed by atoms with E-state index in [9.17, 15) is 8.78 Å². The third-order valence-corrected chi connectivity index (χ3v) is 1.14. The van der Waals surface area contributed by atoms with Gasteiger partial charge in [0.1, 0.15) is 0 Å². The van der Waals surface area contributed by atoms with E-state index in [0.29, 0.717) is 6.54 Å². The van der Waals surface area contributed by atoms with E-state index in [-0.39, 0.29) is 12.4 Å². The maximum atomic E-state index is 11.9. The van der Waals surface area contributed by atoms with Gasteiger partial charge in [-0.2, -0.15) is 14.0 Å². The van der Waals surface area contributed by atoms with Crippen LogP contribution in [0.3, 0.4) is 0 Å². The molecule has 70 valence electrons. The highest BCUT2D eigenvalue weighted by Crippen LogP contribution is 2.18.